The average Bonchev–Trinajstić information content (AvgIpc) is 2.86. The molecule has 0 amide bonds. The van der Waals surface area contributed by atoms with Gasteiger partial charge in [-0.3, -0.25) is 14.7 Å². The van der Waals surface area contributed by atoms with Crippen molar-refractivity contribution in [2.45, 2.75) is 18.5 Å². The van der Waals surface area contributed by atoms with E-state index in [1.165, 1.54) is 0 Å². The molecule has 174 valence electrons. The Morgan fingerprint density at radius 3 is 0.879 bits per heavy atom. The van der Waals surface area contributed by atoms with Crippen molar-refractivity contribution in [1.29, 1.82) is 0 Å². The molecule has 1 heterocycles. The lowest BCUT2D eigenvalue weighted by Crippen LogP contribution is -2.61. The van der Waals surface area contributed by atoms with Crippen LogP contribution in [0.3, 0.4) is 0 Å². The number of aliphatic hydroxyl groups is 3. The molecule has 0 saturated carbocycles. The monoisotopic (exact) mass is 447 g/mol. The van der Waals surface area contributed by atoms with Gasteiger partial charge in [-0.05, 0) is 16.7 Å². The van der Waals surface area contributed by atoms with Crippen molar-refractivity contribution in [2.75, 3.05) is 39.5 Å². The van der Waals surface area contributed by atoms with Crippen molar-refractivity contribution < 1.29 is 15.3 Å². The van der Waals surface area contributed by atoms with Crippen LogP contribution in [0.25, 0.3) is 0 Å². The molecule has 3 N–H and O–H groups in total. The van der Waals surface area contributed by atoms with Gasteiger partial charge in [0.25, 0.3) is 0 Å². The zero-order valence-corrected chi connectivity index (χ0v) is 18.8. The van der Waals surface area contributed by atoms with Crippen LogP contribution in [0, 0.1) is 0 Å². The van der Waals surface area contributed by atoms with Crippen LogP contribution in [0.15, 0.2) is 91.0 Å². The second-order valence-electron chi connectivity index (χ2n) is 8.24. The van der Waals surface area contributed by atoms with Gasteiger partial charge in [0.05, 0.1) is 38.3 Å². The van der Waals surface area contributed by atoms with Crippen molar-refractivity contribution in [3.8, 4) is 0 Å². The van der Waals surface area contributed by atoms with Crippen molar-refractivity contribution in [3.05, 3.63) is 108 Å². The summed E-state index contributed by atoms with van der Waals surface area (Å²) in [6.45, 7) is 1.35. The maximum Gasteiger partial charge on any atom is 0.0917 e. The summed E-state index contributed by atoms with van der Waals surface area (Å²) >= 11 is 0. The zero-order chi connectivity index (χ0) is 23.0. The molecule has 0 bridgehead atoms. The van der Waals surface area contributed by atoms with Crippen molar-refractivity contribution >= 4 is 0 Å². The smallest absolute Gasteiger partial charge is 0.0917 e. The lowest BCUT2D eigenvalue weighted by Gasteiger charge is -2.58. The highest BCUT2D eigenvalue weighted by molar-refractivity contribution is 5.28. The average molecular weight is 448 g/mol. The van der Waals surface area contributed by atoms with E-state index in [0.717, 1.165) is 16.7 Å². The van der Waals surface area contributed by atoms with E-state index >= 15 is 0 Å². The Labute approximate surface area is 195 Å². The molecule has 0 radical (unpaired) electrons. The fourth-order valence-electron chi connectivity index (χ4n) is 5.08. The van der Waals surface area contributed by atoms with E-state index in [1.807, 2.05) is 54.6 Å². The molecule has 3 aromatic carbocycles. The Hall–Kier alpha value is -2.58. The number of nitrogens with zero attached hydrogens (tertiary/aromatic N) is 3. The molecule has 6 nitrogen and oxygen atoms in total. The van der Waals surface area contributed by atoms with Gasteiger partial charge in [-0.15, -0.1) is 0 Å². The second kappa shape index (κ2) is 11.5. The standard InChI is InChI=1S/C27H33N3O3/c31-19-16-28-25(22-10-4-1-5-11-22)29(17-20-32)27(24-14-8-3-9-15-24)30(18-21-33)26(28)23-12-6-2-7-13-23/h1-15,25-27,31-33H,16-21H2. The van der Waals surface area contributed by atoms with E-state index < -0.39 is 0 Å². The first-order chi connectivity index (χ1) is 16.3. The largest absolute Gasteiger partial charge is 0.395 e. The summed E-state index contributed by atoms with van der Waals surface area (Å²) in [5.74, 6) is 0. The maximum absolute atomic E-state index is 10.1. The molecule has 0 spiro atoms. The van der Waals surface area contributed by atoms with Gasteiger partial charge in [0.15, 0.2) is 0 Å². The van der Waals surface area contributed by atoms with Gasteiger partial charge in [0.2, 0.25) is 0 Å². The molecule has 0 atom stereocenters. The number of benzene rings is 3. The maximum atomic E-state index is 10.1. The molecule has 1 aliphatic rings. The Morgan fingerprint density at radius 1 is 0.424 bits per heavy atom. The van der Waals surface area contributed by atoms with E-state index in [4.69, 9.17) is 0 Å². The molecular weight excluding hydrogens is 414 g/mol. The fourth-order valence-corrected chi connectivity index (χ4v) is 5.08. The number of aliphatic hydroxyl groups excluding tert-OH is 3. The third-order valence-corrected chi connectivity index (χ3v) is 6.25. The van der Waals surface area contributed by atoms with Crippen LogP contribution in [0.5, 0.6) is 0 Å². The molecule has 3 aromatic rings. The Bertz CT molecular complexity index is 819. The highest BCUT2D eigenvalue weighted by Crippen LogP contribution is 2.47. The van der Waals surface area contributed by atoms with Gasteiger partial charge in [-0.1, -0.05) is 91.0 Å². The molecular formula is C27H33N3O3. The SMILES string of the molecule is OCCN1C(c2ccccc2)N(CCO)C(c2ccccc2)N(CCO)C1c1ccccc1. The Balaban J connectivity index is 1.94. The lowest BCUT2D eigenvalue weighted by atomic mass is 9.98. The highest BCUT2D eigenvalue weighted by Gasteiger charge is 2.47. The number of hydrogen-bond donors (Lipinski definition) is 3. The van der Waals surface area contributed by atoms with Crippen LogP contribution in [0.1, 0.15) is 35.2 Å². The molecule has 0 unspecified atom stereocenters. The summed E-state index contributed by atoms with van der Waals surface area (Å²) in [6.07, 6.45) is -0.512. The molecule has 1 fully saturated rings. The number of hydrogen-bond acceptors (Lipinski definition) is 6. The van der Waals surface area contributed by atoms with Crippen molar-refractivity contribution in [3.63, 3.8) is 0 Å². The van der Waals surface area contributed by atoms with Gasteiger partial charge < -0.3 is 15.3 Å². The molecule has 33 heavy (non-hydrogen) atoms. The van der Waals surface area contributed by atoms with E-state index in [-0.39, 0.29) is 38.3 Å². The van der Waals surface area contributed by atoms with Gasteiger partial charge in [0, 0.05) is 19.6 Å². The van der Waals surface area contributed by atoms with Crippen LogP contribution in [-0.2, 0) is 0 Å². The minimum atomic E-state index is -0.171. The fraction of sp³-hybridized carbons (Fsp3) is 0.333. The summed E-state index contributed by atoms with van der Waals surface area (Å²) in [5.41, 5.74) is 3.31. The summed E-state index contributed by atoms with van der Waals surface area (Å²) in [7, 11) is 0. The van der Waals surface area contributed by atoms with Crippen LogP contribution in [0.4, 0.5) is 0 Å². The first-order valence-corrected chi connectivity index (χ1v) is 11.5. The molecule has 1 saturated heterocycles. The first kappa shape index (κ1) is 23.6. The van der Waals surface area contributed by atoms with Crippen LogP contribution < -0.4 is 0 Å². The molecule has 0 aliphatic carbocycles. The predicted octanol–water partition coefficient (Wildman–Crippen LogP) is 2.98. The molecule has 0 aromatic heterocycles. The van der Waals surface area contributed by atoms with E-state index in [9.17, 15) is 15.3 Å². The topological polar surface area (TPSA) is 70.4 Å². The van der Waals surface area contributed by atoms with Gasteiger partial charge in [-0.2, -0.15) is 0 Å². The Morgan fingerprint density at radius 2 is 0.667 bits per heavy atom. The van der Waals surface area contributed by atoms with Crippen LogP contribution >= 0.6 is 0 Å². The quantitative estimate of drug-likeness (QED) is 0.469. The number of rotatable bonds is 9. The first-order valence-electron chi connectivity index (χ1n) is 11.5. The number of β-amino-alcohol motifs (C(OH)–C–C–N with tert-alkyl or cyclic N) is 3. The van der Waals surface area contributed by atoms with E-state index in [2.05, 4.69) is 51.1 Å². The van der Waals surface area contributed by atoms with Gasteiger partial charge in [-0.25, -0.2) is 0 Å². The third kappa shape index (κ3) is 5.01. The van der Waals surface area contributed by atoms with Crippen molar-refractivity contribution in [1.82, 2.24) is 14.7 Å². The summed E-state index contributed by atoms with van der Waals surface area (Å²) in [5, 5.41) is 30.3. The van der Waals surface area contributed by atoms with Crippen LogP contribution in [0.2, 0.25) is 0 Å². The third-order valence-electron chi connectivity index (χ3n) is 6.25. The molecule has 6 heteroatoms. The van der Waals surface area contributed by atoms with Gasteiger partial charge in [0.1, 0.15) is 0 Å². The summed E-state index contributed by atoms with van der Waals surface area (Å²) in [6, 6.07) is 30.8. The van der Waals surface area contributed by atoms with Crippen LogP contribution in [-0.4, -0.2) is 69.5 Å². The van der Waals surface area contributed by atoms with E-state index in [1.54, 1.807) is 0 Å². The zero-order valence-electron chi connectivity index (χ0n) is 18.8. The minimum absolute atomic E-state index is 0.00258. The molecule has 1 aliphatic heterocycles. The normalized spacial score (nSPS) is 22.5. The lowest BCUT2D eigenvalue weighted by molar-refractivity contribution is -0.190. The second-order valence-corrected chi connectivity index (χ2v) is 8.24. The summed E-state index contributed by atoms with van der Waals surface area (Å²) < 4.78 is 0. The van der Waals surface area contributed by atoms with E-state index in [0.29, 0.717) is 19.6 Å². The van der Waals surface area contributed by atoms with Gasteiger partial charge >= 0.3 is 0 Å². The molecule has 4 rings (SSSR count). The Kier molecular flexibility index (Phi) is 8.23. The summed E-state index contributed by atoms with van der Waals surface area (Å²) in [4.78, 5) is 6.82. The van der Waals surface area contributed by atoms with Crippen molar-refractivity contribution in [2.24, 2.45) is 0 Å². The minimum Gasteiger partial charge on any atom is -0.395 e. The predicted molar refractivity (Wildman–Crippen MR) is 129 cm³/mol. The highest BCUT2D eigenvalue weighted by atomic mass is 16.3.